The van der Waals surface area contributed by atoms with E-state index >= 15 is 0 Å². The summed E-state index contributed by atoms with van der Waals surface area (Å²) in [5.74, 6) is -0.325. The van der Waals surface area contributed by atoms with Crippen LogP contribution in [0.5, 0.6) is 0 Å². The first-order valence-electron chi connectivity index (χ1n) is 5.48. The van der Waals surface area contributed by atoms with E-state index < -0.39 is 0 Å². The molecule has 0 aliphatic heterocycles. The molecule has 18 heavy (non-hydrogen) atoms. The van der Waals surface area contributed by atoms with Gasteiger partial charge in [-0.05, 0) is 30.3 Å². The van der Waals surface area contributed by atoms with Gasteiger partial charge in [-0.3, -0.25) is 4.79 Å². The van der Waals surface area contributed by atoms with Crippen molar-refractivity contribution in [3.8, 4) is 11.3 Å². The highest BCUT2D eigenvalue weighted by molar-refractivity contribution is 5.76. The van der Waals surface area contributed by atoms with Crippen molar-refractivity contribution in [2.45, 2.75) is 0 Å². The minimum absolute atomic E-state index is 0.325. The molecule has 0 saturated carbocycles. The van der Waals surface area contributed by atoms with Crippen LogP contribution in [0.2, 0.25) is 0 Å². The van der Waals surface area contributed by atoms with Crippen LogP contribution in [0.25, 0.3) is 16.8 Å². The van der Waals surface area contributed by atoms with Gasteiger partial charge in [0.25, 0.3) is 0 Å². The topological polar surface area (TPSA) is 34.4 Å². The highest BCUT2D eigenvalue weighted by Crippen LogP contribution is 2.22. The first-order valence-corrected chi connectivity index (χ1v) is 5.48. The molecule has 0 unspecified atom stereocenters. The second-order valence-corrected chi connectivity index (χ2v) is 3.91. The van der Waals surface area contributed by atoms with E-state index in [9.17, 15) is 9.18 Å². The molecule has 0 amide bonds. The zero-order valence-electron chi connectivity index (χ0n) is 9.38. The molecule has 1 aromatic carbocycles. The first kappa shape index (κ1) is 10.7. The van der Waals surface area contributed by atoms with Crippen molar-refractivity contribution < 1.29 is 9.18 Å². The SMILES string of the molecule is O=Cc1cccc2cc(-c3ccccc3F)nn12. The minimum Gasteiger partial charge on any atom is -0.296 e. The predicted molar refractivity (Wildman–Crippen MR) is 66.0 cm³/mol. The first-order chi connectivity index (χ1) is 8.79. The largest absolute Gasteiger partial charge is 0.296 e. The molecular formula is C14H9FN2O. The number of halogens is 1. The van der Waals surface area contributed by atoms with E-state index in [-0.39, 0.29) is 5.82 Å². The zero-order chi connectivity index (χ0) is 12.5. The van der Waals surface area contributed by atoms with E-state index in [1.54, 1.807) is 36.4 Å². The van der Waals surface area contributed by atoms with Crippen molar-refractivity contribution in [2.24, 2.45) is 0 Å². The fourth-order valence-corrected chi connectivity index (χ4v) is 1.93. The Labute approximate surface area is 102 Å². The third-order valence-corrected chi connectivity index (χ3v) is 2.79. The lowest BCUT2D eigenvalue weighted by Gasteiger charge is -1.97. The van der Waals surface area contributed by atoms with Crippen LogP contribution in [-0.4, -0.2) is 15.9 Å². The van der Waals surface area contributed by atoms with Gasteiger partial charge in [-0.1, -0.05) is 18.2 Å². The lowest BCUT2D eigenvalue weighted by Crippen LogP contribution is -1.96. The van der Waals surface area contributed by atoms with Crippen molar-refractivity contribution in [3.05, 3.63) is 60.0 Å². The Morgan fingerprint density at radius 2 is 1.94 bits per heavy atom. The van der Waals surface area contributed by atoms with Gasteiger partial charge < -0.3 is 0 Å². The van der Waals surface area contributed by atoms with Crippen LogP contribution in [-0.2, 0) is 0 Å². The Bertz CT molecular complexity index is 733. The van der Waals surface area contributed by atoms with E-state index in [0.29, 0.717) is 17.0 Å². The van der Waals surface area contributed by atoms with Crippen molar-refractivity contribution in [1.29, 1.82) is 0 Å². The number of hydrogen-bond acceptors (Lipinski definition) is 2. The summed E-state index contributed by atoms with van der Waals surface area (Å²) in [4.78, 5) is 10.9. The molecule has 2 aromatic heterocycles. The summed E-state index contributed by atoms with van der Waals surface area (Å²) in [6, 6.07) is 13.5. The maximum absolute atomic E-state index is 13.7. The van der Waals surface area contributed by atoms with Crippen molar-refractivity contribution in [2.75, 3.05) is 0 Å². The molecule has 3 rings (SSSR count). The number of benzene rings is 1. The molecule has 0 saturated heterocycles. The van der Waals surface area contributed by atoms with Gasteiger partial charge in [-0.15, -0.1) is 0 Å². The molecule has 0 bridgehead atoms. The van der Waals surface area contributed by atoms with Gasteiger partial charge in [0.05, 0.1) is 11.2 Å². The van der Waals surface area contributed by atoms with E-state index in [1.807, 2.05) is 6.07 Å². The van der Waals surface area contributed by atoms with E-state index in [1.165, 1.54) is 10.6 Å². The molecule has 2 heterocycles. The van der Waals surface area contributed by atoms with Crippen LogP contribution in [0.1, 0.15) is 10.5 Å². The van der Waals surface area contributed by atoms with E-state index in [2.05, 4.69) is 5.10 Å². The number of aromatic nitrogens is 2. The smallest absolute Gasteiger partial charge is 0.168 e. The summed E-state index contributed by atoms with van der Waals surface area (Å²) in [7, 11) is 0. The Morgan fingerprint density at radius 3 is 2.72 bits per heavy atom. The molecule has 0 spiro atoms. The monoisotopic (exact) mass is 240 g/mol. The van der Waals surface area contributed by atoms with Crippen LogP contribution < -0.4 is 0 Å². The Balaban J connectivity index is 2.26. The third-order valence-electron chi connectivity index (χ3n) is 2.79. The van der Waals surface area contributed by atoms with E-state index in [4.69, 9.17) is 0 Å². The van der Waals surface area contributed by atoms with Gasteiger partial charge >= 0.3 is 0 Å². The Morgan fingerprint density at radius 1 is 1.11 bits per heavy atom. The fourth-order valence-electron chi connectivity index (χ4n) is 1.93. The second-order valence-electron chi connectivity index (χ2n) is 3.91. The Kier molecular flexibility index (Phi) is 2.41. The Hall–Kier alpha value is -2.49. The van der Waals surface area contributed by atoms with Crippen LogP contribution in [0.15, 0.2) is 48.5 Å². The van der Waals surface area contributed by atoms with Crippen LogP contribution >= 0.6 is 0 Å². The van der Waals surface area contributed by atoms with Gasteiger partial charge in [0.2, 0.25) is 0 Å². The standard InChI is InChI=1S/C14H9FN2O/c15-13-7-2-1-6-12(13)14-8-10-4-3-5-11(9-18)17(10)16-14/h1-9H. The number of rotatable bonds is 2. The highest BCUT2D eigenvalue weighted by atomic mass is 19.1. The quantitative estimate of drug-likeness (QED) is 0.645. The molecule has 88 valence electrons. The van der Waals surface area contributed by atoms with Crippen LogP contribution in [0.4, 0.5) is 4.39 Å². The normalized spacial score (nSPS) is 10.7. The van der Waals surface area contributed by atoms with Crippen molar-refractivity contribution >= 4 is 11.8 Å². The van der Waals surface area contributed by atoms with Crippen molar-refractivity contribution in [3.63, 3.8) is 0 Å². The average Bonchev–Trinajstić information content (AvgIpc) is 2.82. The number of carbonyl (C=O) groups excluding carboxylic acids is 1. The summed E-state index contributed by atoms with van der Waals surface area (Å²) in [5, 5.41) is 4.26. The van der Waals surface area contributed by atoms with Gasteiger partial charge in [0.1, 0.15) is 11.5 Å². The van der Waals surface area contributed by atoms with Crippen LogP contribution in [0, 0.1) is 5.82 Å². The van der Waals surface area contributed by atoms with Gasteiger partial charge in [-0.2, -0.15) is 5.10 Å². The van der Waals surface area contributed by atoms with Gasteiger partial charge in [-0.25, -0.2) is 8.91 Å². The number of fused-ring (bicyclic) bond motifs is 1. The molecule has 0 aliphatic carbocycles. The summed E-state index contributed by atoms with van der Waals surface area (Å²) in [6.07, 6.45) is 0.727. The summed E-state index contributed by atoms with van der Waals surface area (Å²) in [6.45, 7) is 0. The minimum atomic E-state index is -0.325. The molecule has 3 aromatic rings. The number of hydrogen-bond donors (Lipinski definition) is 0. The summed E-state index contributed by atoms with van der Waals surface area (Å²) >= 11 is 0. The van der Waals surface area contributed by atoms with Crippen molar-refractivity contribution in [1.82, 2.24) is 9.61 Å². The number of nitrogens with zero attached hydrogens (tertiary/aromatic N) is 2. The van der Waals surface area contributed by atoms with E-state index in [0.717, 1.165) is 11.8 Å². The molecule has 0 fully saturated rings. The highest BCUT2D eigenvalue weighted by Gasteiger charge is 2.10. The van der Waals surface area contributed by atoms with Gasteiger partial charge in [0.15, 0.2) is 6.29 Å². The van der Waals surface area contributed by atoms with Crippen LogP contribution in [0.3, 0.4) is 0 Å². The molecule has 0 aliphatic rings. The average molecular weight is 240 g/mol. The summed E-state index contributed by atoms with van der Waals surface area (Å²) < 4.78 is 15.2. The lowest BCUT2D eigenvalue weighted by atomic mass is 10.1. The fraction of sp³-hybridized carbons (Fsp3) is 0. The van der Waals surface area contributed by atoms with Gasteiger partial charge in [0, 0.05) is 5.56 Å². The molecule has 0 atom stereocenters. The molecule has 3 nitrogen and oxygen atoms in total. The lowest BCUT2D eigenvalue weighted by molar-refractivity contribution is 0.111. The molecule has 0 radical (unpaired) electrons. The predicted octanol–water partition coefficient (Wildman–Crippen LogP) is 2.95. The molecule has 0 N–H and O–H groups in total. The number of aldehydes is 1. The third kappa shape index (κ3) is 1.59. The number of carbonyl (C=O) groups is 1. The molecule has 4 heteroatoms. The zero-order valence-corrected chi connectivity index (χ0v) is 9.38. The molecular weight excluding hydrogens is 231 g/mol. The number of pyridine rings is 1. The maximum atomic E-state index is 13.7. The summed E-state index contributed by atoms with van der Waals surface area (Å²) in [5.41, 5.74) is 2.15. The maximum Gasteiger partial charge on any atom is 0.168 e. The second kappa shape index (κ2) is 4.07.